The van der Waals surface area contributed by atoms with Crippen molar-refractivity contribution in [1.29, 1.82) is 0 Å². The van der Waals surface area contributed by atoms with Crippen LogP contribution in [0.4, 0.5) is 0 Å². The number of esters is 1. The highest BCUT2D eigenvalue weighted by molar-refractivity contribution is 5.98. The van der Waals surface area contributed by atoms with Gasteiger partial charge in [-0.15, -0.1) is 0 Å². The van der Waals surface area contributed by atoms with E-state index >= 15 is 0 Å². The van der Waals surface area contributed by atoms with Gasteiger partial charge in [-0.1, -0.05) is 34.3 Å². The van der Waals surface area contributed by atoms with Crippen LogP contribution in [0, 0.1) is 17.8 Å². The molecule has 3 fully saturated rings. The van der Waals surface area contributed by atoms with Gasteiger partial charge in [-0.2, -0.15) is 0 Å². The summed E-state index contributed by atoms with van der Waals surface area (Å²) in [6.07, 6.45) is -4.92. The van der Waals surface area contributed by atoms with E-state index < -0.39 is 83.7 Å². The van der Waals surface area contributed by atoms with Gasteiger partial charge in [0.25, 0.3) is 0 Å². The average Bonchev–Trinajstić information content (AvgIpc) is 2.97. The molecule has 0 unspecified atom stereocenters. The maximum absolute atomic E-state index is 13.8. The summed E-state index contributed by atoms with van der Waals surface area (Å²) in [5.74, 6) is -3.64. The maximum Gasteiger partial charge on any atom is 0.313 e. The van der Waals surface area contributed by atoms with Crippen LogP contribution in [0.2, 0.25) is 0 Å². The van der Waals surface area contributed by atoms with Crippen LogP contribution >= 0.6 is 0 Å². The third kappa shape index (κ3) is 8.69. The third-order valence-electron chi connectivity index (χ3n) is 9.81. The van der Waals surface area contributed by atoms with E-state index in [1.807, 2.05) is 46.7 Å². The van der Waals surface area contributed by atoms with E-state index in [-0.39, 0.29) is 38.2 Å². The molecule has 0 radical (unpaired) electrons. The van der Waals surface area contributed by atoms with Gasteiger partial charge in [0.2, 0.25) is 5.91 Å². The summed E-state index contributed by atoms with van der Waals surface area (Å²) in [6, 6.07) is -0.267. The van der Waals surface area contributed by atoms with E-state index in [4.69, 9.17) is 23.7 Å². The molecule has 2 bridgehead atoms. The number of Topliss-reactive ketones (excluding diaryl/α,β-unsaturated/α-hetero) is 1. The molecule has 0 aromatic carbocycles. The summed E-state index contributed by atoms with van der Waals surface area (Å²) in [5, 5.41) is 23.4. The predicted molar refractivity (Wildman–Crippen MR) is 171 cm³/mol. The van der Waals surface area contributed by atoms with E-state index in [0.717, 1.165) is 0 Å². The van der Waals surface area contributed by atoms with Crippen molar-refractivity contribution in [3.05, 3.63) is 12.2 Å². The van der Waals surface area contributed by atoms with E-state index in [0.29, 0.717) is 17.7 Å². The van der Waals surface area contributed by atoms with Crippen molar-refractivity contribution in [3.63, 3.8) is 0 Å². The van der Waals surface area contributed by atoms with Crippen molar-refractivity contribution in [2.75, 3.05) is 27.3 Å². The van der Waals surface area contributed by atoms with Crippen molar-refractivity contribution in [1.82, 2.24) is 4.90 Å². The first-order chi connectivity index (χ1) is 21.3. The molecule has 2 N–H and O–H groups in total. The summed E-state index contributed by atoms with van der Waals surface area (Å²) in [4.78, 5) is 46.0. The molecular weight excluding hydrogens is 596 g/mol. The van der Waals surface area contributed by atoms with Crippen LogP contribution < -0.4 is 0 Å². The summed E-state index contributed by atoms with van der Waals surface area (Å²) in [6.45, 7) is 17.9. The van der Waals surface area contributed by atoms with E-state index in [1.54, 1.807) is 13.8 Å². The molecule has 262 valence electrons. The topological polar surface area (TPSA) is 153 Å². The number of likely N-dealkylation sites (N-methyl/N-ethyl adjacent to an activating group) is 1. The van der Waals surface area contributed by atoms with Crippen LogP contribution in [-0.4, -0.2) is 120 Å². The first kappa shape index (κ1) is 38.4. The van der Waals surface area contributed by atoms with Crippen LogP contribution in [0.1, 0.15) is 81.1 Å². The molecule has 0 saturated carbocycles. The van der Waals surface area contributed by atoms with Crippen molar-refractivity contribution < 1.29 is 48.3 Å². The largest absolute Gasteiger partial charge is 0.459 e. The molecule has 3 aliphatic heterocycles. The highest BCUT2D eigenvalue weighted by Crippen LogP contribution is 2.40. The van der Waals surface area contributed by atoms with E-state index in [2.05, 4.69) is 11.6 Å². The number of rotatable bonds is 4. The van der Waals surface area contributed by atoms with Gasteiger partial charge in [0.1, 0.15) is 30.0 Å². The Morgan fingerprint density at radius 1 is 1.13 bits per heavy atom. The molecule has 12 atom stereocenters. The number of ketones is 1. The number of fused-ring (bicyclic) bond motifs is 5. The first-order valence-electron chi connectivity index (χ1n) is 16.4. The summed E-state index contributed by atoms with van der Waals surface area (Å²) < 4.78 is 31.4. The van der Waals surface area contributed by atoms with E-state index in [1.165, 1.54) is 13.8 Å². The van der Waals surface area contributed by atoms with Gasteiger partial charge in [0.15, 0.2) is 6.29 Å². The zero-order valence-electron chi connectivity index (χ0n) is 29.3. The van der Waals surface area contributed by atoms with Crippen LogP contribution in [-0.2, 0) is 38.1 Å². The Kier molecular flexibility index (Phi) is 12.9. The van der Waals surface area contributed by atoms with Crippen molar-refractivity contribution in [2.45, 2.75) is 135 Å². The highest BCUT2D eigenvalue weighted by Gasteiger charge is 2.52. The SMILES string of the molecule is C=C1CO[C@H]2[C@@H](C)C(=NC(C)=O)[C@H](C)C[C@@](C)(OC1)[C@H](O[C@@H]1O[C@H](C)C[C@H](N(C)C)[C@H]1O)[C@@H](C)C(=O)CC(=O)O[C@H](CC)[C@@]2(C)O. The Morgan fingerprint density at radius 3 is 2.37 bits per heavy atom. The number of aliphatic hydroxyl groups excluding tert-OH is 1. The van der Waals surface area contributed by atoms with Gasteiger partial charge < -0.3 is 38.8 Å². The van der Waals surface area contributed by atoms with Gasteiger partial charge >= 0.3 is 5.97 Å². The number of nitrogens with zero attached hydrogens (tertiary/aromatic N) is 2. The van der Waals surface area contributed by atoms with Gasteiger partial charge in [-0.05, 0) is 65.6 Å². The molecule has 12 heteroatoms. The Bertz CT molecular complexity index is 1150. The lowest BCUT2D eigenvalue weighted by molar-refractivity contribution is -0.296. The number of aliphatic hydroxyl groups is 2. The Balaban J connectivity index is 2.25. The number of carbonyl (C=O) groups excluding carboxylic acids is 3. The zero-order chi connectivity index (χ0) is 34.7. The molecule has 12 nitrogen and oxygen atoms in total. The number of ether oxygens (including phenoxy) is 5. The molecule has 0 aromatic heterocycles. The summed E-state index contributed by atoms with van der Waals surface area (Å²) in [7, 11) is 3.75. The van der Waals surface area contributed by atoms with Crippen LogP contribution in [0.3, 0.4) is 0 Å². The summed E-state index contributed by atoms with van der Waals surface area (Å²) in [5.41, 5.74) is -1.94. The fourth-order valence-electron chi connectivity index (χ4n) is 7.36. The number of aliphatic imine (C=N–C) groups is 1. The molecule has 1 amide bonds. The lowest BCUT2D eigenvalue weighted by atomic mass is 9.74. The number of cyclic esters (lactones) is 1. The third-order valence-corrected chi connectivity index (χ3v) is 9.81. The second kappa shape index (κ2) is 15.4. The molecule has 3 saturated heterocycles. The van der Waals surface area contributed by atoms with Crippen molar-refractivity contribution in [3.8, 4) is 0 Å². The lowest BCUT2D eigenvalue weighted by Crippen LogP contribution is -2.59. The van der Waals surface area contributed by atoms with Crippen molar-refractivity contribution >= 4 is 23.4 Å². The molecule has 3 aliphatic rings. The van der Waals surface area contributed by atoms with Gasteiger partial charge in [0, 0.05) is 30.5 Å². The fourth-order valence-corrected chi connectivity index (χ4v) is 7.36. The molecule has 3 rings (SSSR count). The highest BCUT2D eigenvalue weighted by atomic mass is 16.7. The van der Waals surface area contributed by atoms with E-state index in [9.17, 15) is 24.6 Å². The molecule has 0 aromatic rings. The van der Waals surface area contributed by atoms with Gasteiger partial charge in [-0.25, -0.2) is 4.99 Å². The van der Waals surface area contributed by atoms with Crippen LogP contribution in [0.5, 0.6) is 0 Å². The average molecular weight is 653 g/mol. The minimum Gasteiger partial charge on any atom is -0.459 e. The predicted octanol–water partition coefficient (Wildman–Crippen LogP) is 2.86. The number of hydrogen-bond donors (Lipinski definition) is 2. The molecule has 0 spiro atoms. The Morgan fingerprint density at radius 2 is 1.78 bits per heavy atom. The summed E-state index contributed by atoms with van der Waals surface area (Å²) >= 11 is 0. The molecular formula is C34H56N2O10. The normalized spacial score (nSPS) is 43.1. The molecule has 46 heavy (non-hydrogen) atoms. The fraction of sp³-hybridized carbons (Fsp3) is 0.824. The first-order valence-corrected chi connectivity index (χ1v) is 16.4. The second-order valence-corrected chi connectivity index (χ2v) is 14.2. The quantitative estimate of drug-likeness (QED) is 0.262. The monoisotopic (exact) mass is 652 g/mol. The molecule has 3 heterocycles. The smallest absolute Gasteiger partial charge is 0.313 e. The number of amides is 1. The molecule has 0 aliphatic carbocycles. The minimum atomic E-state index is -1.72. The standard InChI is InChI=1S/C34H56N2O10/c1-12-26-34(9,41)31-22(6)28(35-23(7)37)19(3)15-33(8,43-17-18(2)16-42-31)30(21(5)25(38)14-27(39)45-26)46-32-29(40)24(36(10)11)13-20(4)44-32/h19-22,24,26,29-32,40-41H,2,12-17H2,1,3-11H3/t19-,20-,21+,22+,24+,26-,29-,30-,31+,32+,33-,34-/m1/s1. The van der Waals surface area contributed by atoms with Gasteiger partial charge in [-0.3, -0.25) is 14.4 Å². The maximum atomic E-state index is 13.8. The van der Waals surface area contributed by atoms with Crippen LogP contribution in [0.25, 0.3) is 0 Å². The van der Waals surface area contributed by atoms with Crippen molar-refractivity contribution in [2.24, 2.45) is 22.7 Å². The lowest BCUT2D eigenvalue weighted by Gasteiger charge is -2.47. The van der Waals surface area contributed by atoms with Crippen LogP contribution in [0.15, 0.2) is 17.1 Å². The van der Waals surface area contributed by atoms with Gasteiger partial charge in [0.05, 0.1) is 37.1 Å². The number of hydrogen-bond acceptors (Lipinski definition) is 11. The Labute approximate surface area is 273 Å². The number of carbonyl (C=O) groups is 3. The minimum absolute atomic E-state index is 0.000161. The second-order valence-electron chi connectivity index (χ2n) is 14.2. The zero-order valence-corrected chi connectivity index (χ0v) is 29.3. The Hall–Kier alpha value is -2.06.